The molecule has 0 spiro atoms. The van der Waals surface area contributed by atoms with Crippen LogP contribution in [0.15, 0.2) is 41.3 Å². The summed E-state index contributed by atoms with van der Waals surface area (Å²) in [4.78, 5) is 28.0. The minimum absolute atomic E-state index is 0.00917. The molecule has 1 saturated carbocycles. The Hall–Kier alpha value is -3.95. The van der Waals surface area contributed by atoms with Gasteiger partial charge in [0.25, 0.3) is 5.88 Å². The number of aromatic carboxylic acids is 1. The van der Waals surface area contributed by atoms with Crippen molar-refractivity contribution in [2.45, 2.75) is 18.9 Å². The molecule has 0 saturated heterocycles. The lowest BCUT2D eigenvalue weighted by Gasteiger charge is -2.13. The Morgan fingerprint density at radius 3 is 2.55 bits per heavy atom. The first-order chi connectivity index (χ1) is 14.8. The van der Waals surface area contributed by atoms with E-state index in [-0.39, 0.29) is 42.0 Å². The van der Waals surface area contributed by atoms with Crippen molar-refractivity contribution in [3.63, 3.8) is 0 Å². The van der Waals surface area contributed by atoms with Crippen LogP contribution in [0.3, 0.4) is 0 Å². The number of hydrogen-bond acceptors (Lipinski definition) is 6. The van der Waals surface area contributed by atoms with Crippen LogP contribution >= 0.6 is 0 Å². The van der Waals surface area contributed by atoms with Crippen molar-refractivity contribution < 1.29 is 23.8 Å². The molecule has 1 aliphatic rings. The number of nitrogens with two attached hydrogens (primary N) is 1. The summed E-state index contributed by atoms with van der Waals surface area (Å²) in [6.45, 7) is 0.0940. The number of benzene rings is 1. The molecule has 160 valence electrons. The van der Waals surface area contributed by atoms with Gasteiger partial charge in [-0.1, -0.05) is 0 Å². The Morgan fingerprint density at radius 2 is 1.94 bits per heavy atom. The van der Waals surface area contributed by atoms with Crippen LogP contribution in [0.25, 0.3) is 11.0 Å². The van der Waals surface area contributed by atoms with Crippen LogP contribution in [0, 0.1) is 11.2 Å². The molecule has 2 aromatic heterocycles. The van der Waals surface area contributed by atoms with Gasteiger partial charge in [-0.05, 0) is 43.2 Å². The summed E-state index contributed by atoms with van der Waals surface area (Å²) in [5, 5.41) is 16.5. The lowest BCUT2D eigenvalue weighted by molar-refractivity contribution is 0.0695. The number of rotatable bonds is 8. The van der Waals surface area contributed by atoms with Crippen LogP contribution in [0.5, 0.6) is 11.6 Å². The highest BCUT2D eigenvalue weighted by atomic mass is 19.1. The van der Waals surface area contributed by atoms with Gasteiger partial charge in [-0.3, -0.25) is 10.2 Å². The number of pyridine rings is 2. The van der Waals surface area contributed by atoms with Gasteiger partial charge in [-0.2, -0.15) is 4.98 Å². The zero-order valence-corrected chi connectivity index (χ0v) is 16.3. The van der Waals surface area contributed by atoms with Gasteiger partial charge in [0.15, 0.2) is 5.82 Å². The van der Waals surface area contributed by atoms with Crippen LogP contribution in [0.1, 0.15) is 34.8 Å². The molecule has 0 bridgehead atoms. The zero-order valence-electron chi connectivity index (χ0n) is 16.3. The molecule has 9 nitrogen and oxygen atoms in total. The molecular formula is C21H19FN4O5. The number of carboxylic acid groups (broad SMARTS) is 1. The molecule has 4 N–H and O–H groups in total. The number of hydrogen-bond donors (Lipinski definition) is 3. The van der Waals surface area contributed by atoms with Crippen LogP contribution in [-0.2, 0) is 0 Å². The fourth-order valence-electron chi connectivity index (χ4n) is 3.14. The van der Waals surface area contributed by atoms with Crippen molar-refractivity contribution in [2.24, 2.45) is 5.73 Å². The van der Waals surface area contributed by atoms with E-state index >= 15 is 0 Å². The maximum atomic E-state index is 14.5. The van der Waals surface area contributed by atoms with Crippen molar-refractivity contribution in [2.75, 3.05) is 13.2 Å². The minimum Gasteiger partial charge on any atom is -0.490 e. The third kappa shape index (κ3) is 4.18. The van der Waals surface area contributed by atoms with Crippen molar-refractivity contribution in [3.8, 4) is 11.6 Å². The molecule has 1 aliphatic carbocycles. The maximum absolute atomic E-state index is 14.5. The second-order valence-electron chi connectivity index (χ2n) is 7.10. The number of halogens is 1. The molecule has 10 heteroatoms. The van der Waals surface area contributed by atoms with Gasteiger partial charge in [0.05, 0.1) is 5.39 Å². The smallest absolute Gasteiger partial charge is 0.341 e. The second kappa shape index (κ2) is 8.05. The van der Waals surface area contributed by atoms with E-state index < -0.39 is 22.8 Å². The van der Waals surface area contributed by atoms with E-state index in [0.29, 0.717) is 11.3 Å². The SMILES string of the molecule is N=C(N)c1ccc(OCCOc2nc3c(cc2F)c(=O)c(C(=O)O)cn3C2CC2)cc1. The quantitative estimate of drug-likeness (QED) is 0.285. The van der Waals surface area contributed by atoms with Gasteiger partial charge in [-0.25, -0.2) is 9.18 Å². The van der Waals surface area contributed by atoms with Gasteiger partial charge in [0, 0.05) is 17.8 Å². The number of aromatic nitrogens is 2. The molecule has 31 heavy (non-hydrogen) atoms. The number of nitrogens with one attached hydrogen (secondary N) is 1. The topological polar surface area (TPSA) is 141 Å². The number of ether oxygens (including phenoxy) is 2. The molecular weight excluding hydrogens is 407 g/mol. The van der Waals surface area contributed by atoms with Gasteiger partial charge < -0.3 is 24.9 Å². The summed E-state index contributed by atoms with van der Waals surface area (Å²) in [6.07, 6.45) is 2.90. The number of amidine groups is 1. The van der Waals surface area contributed by atoms with E-state index in [1.165, 1.54) is 6.20 Å². The van der Waals surface area contributed by atoms with Crippen molar-refractivity contribution >= 4 is 22.8 Å². The molecule has 4 rings (SSSR count). The number of carbonyl (C=O) groups is 1. The third-order valence-corrected chi connectivity index (χ3v) is 4.85. The first kappa shape index (κ1) is 20.3. The summed E-state index contributed by atoms with van der Waals surface area (Å²) in [5.41, 5.74) is 4.96. The van der Waals surface area contributed by atoms with E-state index in [0.717, 1.165) is 18.9 Å². The van der Waals surface area contributed by atoms with E-state index in [2.05, 4.69) is 4.98 Å². The van der Waals surface area contributed by atoms with E-state index in [1.807, 2.05) is 0 Å². The van der Waals surface area contributed by atoms with Crippen LogP contribution in [0.4, 0.5) is 4.39 Å². The van der Waals surface area contributed by atoms with Gasteiger partial charge >= 0.3 is 5.97 Å². The molecule has 0 unspecified atom stereocenters. The summed E-state index contributed by atoms with van der Waals surface area (Å²) in [5.74, 6) is -2.03. The fraction of sp³-hybridized carbons (Fsp3) is 0.238. The normalized spacial score (nSPS) is 13.2. The molecule has 0 aliphatic heterocycles. The van der Waals surface area contributed by atoms with Gasteiger partial charge in [0.1, 0.15) is 36.0 Å². The van der Waals surface area contributed by atoms with E-state index in [1.54, 1.807) is 28.8 Å². The number of nitrogen functional groups attached to an aromatic ring is 1. The number of carboxylic acids is 1. The Kier molecular flexibility index (Phi) is 5.28. The Balaban J connectivity index is 1.51. The van der Waals surface area contributed by atoms with Crippen LogP contribution < -0.4 is 20.6 Å². The molecule has 2 heterocycles. The first-order valence-electron chi connectivity index (χ1n) is 9.54. The van der Waals surface area contributed by atoms with Crippen LogP contribution in [0.2, 0.25) is 0 Å². The molecule has 0 amide bonds. The molecule has 0 radical (unpaired) electrons. The standard InChI is InChI=1S/C21H19FN4O5/c22-16-9-14-17(27)15(21(28)29)10-26(12-3-4-12)19(14)25-20(16)31-8-7-30-13-5-1-11(2-6-13)18(23)24/h1-2,5-6,9-10,12H,3-4,7-8H2,(H3,23,24)(H,28,29). The largest absolute Gasteiger partial charge is 0.490 e. The lowest BCUT2D eigenvalue weighted by atomic mass is 10.2. The highest BCUT2D eigenvalue weighted by Gasteiger charge is 2.28. The number of nitrogens with zero attached hydrogens (tertiary/aromatic N) is 2. The zero-order chi connectivity index (χ0) is 22.1. The number of fused-ring (bicyclic) bond motifs is 1. The molecule has 0 atom stereocenters. The molecule has 1 fully saturated rings. The first-order valence-corrected chi connectivity index (χ1v) is 9.54. The lowest BCUT2D eigenvalue weighted by Crippen LogP contribution is -2.20. The van der Waals surface area contributed by atoms with Crippen molar-refractivity contribution in [1.82, 2.24) is 9.55 Å². The second-order valence-corrected chi connectivity index (χ2v) is 7.10. The monoisotopic (exact) mass is 426 g/mol. The summed E-state index contributed by atoms with van der Waals surface area (Å²) < 4.78 is 27.0. The average Bonchev–Trinajstić information content (AvgIpc) is 3.57. The Morgan fingerprint density at radius 1 is 1.26 bits per heavy atom. The Labute approximate surface area is 175 Å². The summed E-state index contributed by atoms with van der Waals surface area (Å²) >= 11 is 0. The van der Waals surface area contributed by atoms with Gasteiger partial charge in [0.2, 0.25) is 5.43 Å². The predicted octanol–water partition coefficient (Wildman–Crippen LogP) is 2.31. The molecule has 1 aromatic carbocycles. The predicted molar refractivity (Wildman–Crippen MR) is 110 cm³/mol. The minimum atomic E-state index is -1.37. The van der Waals surface area contributed by atoms with E-state index in [9.17, 15) is 19.1 Å². The maximum Gasteiger partial charge on any atom is 0.341 e. The van der Waals surface area contributed by atoms with E-state index in [4.69, 9.17) is 20.6 Å². The highest BCUT2D eigenvalue weighted by molar-refractivity contribution is 5.95. The Bertz CT molecular complexity index is 1240. The third-order valence-electron chi connectivity index (χ3n) is 4.85. The fourth-order valence-corrected chi connectivity index (χ4v) is 3.14. The van der Waals surface area contributed by atoms with Gasteiger partial charge in [-0.15, -0.1) is 0 Å². The summed E-state index contributed by atoms with van der Waals surface area (Å²) in [6, 6.07) is 7.58. The van der Waals surface area contributed by atoms with Crippen LogP contribution in [-0.4, -0.2) is 39.7 Å². The molecule has 3 aromatic rings. The average molecular weight is 426 g/mol. The highest BCUT2D eigenvalue weighted by Crippen LogP contribution is 2.37. The van der Waals surface area contributed by atoms with Crippen molar-refractivity contribution in [3.05, 3.63) is 63.7 Å². The summed E-state index contributed by atoms with van der Waals surface area (Å²) in [7, 11) is 0. The van der Waals surface area contributed by atoms with Crippen molar-refractivity contribution in [1.29, 1.82) is 5.41 Å².